The zero-order valence-electron chi connectivity index (χ0n) is 12.1. The van der Waals surface area contributed by atoms with Crippen LogP contribution in [0.5, 0.6) is 0 Å². The minimum atomic E-state index is -1.19. The molecule has 0 bridgehead atoms. The minimum Gasteiger partial charge on any atom is -0.465 e. The number of ether oxygens (including phenoxy) is 1. The van der Waals surface area contributed by atoms with Crippen molar-refractivity contribution in [2.24, 2.45) is 4.99 Å². The van der Waals surface area contributed by atoms with Crippen LogP contribution in [0, 0.1) is 11.3 Å². The SMILES string of the molecule is CCSC(=Nc1cc2c(c(Br)c1Cl)COC2CC#N)NC(=O)O. The standard InChI is InChI=1S/C14H13BrClN3O3S/c1-2-23-13(19-14(20)21)18-9-5-7-8(11(15)12(9)16)6-22-10(7)3-4-17/h5,10H,2-3,6H2,1H3,(H,18,19)(H,20,21). The molecular weight excluding hydrogens is 406 g/mol. The molecule has 0 aliphatic carbocycles. The number of thioether (sulfide) groups is 1. The molecule has 122 valence electrons. The smallest absolute Gasteiger partial charge is 0.410 e. The van der Waals surface area contributed by atoms with Crippen molar-refractivity contribution < 1.29 is 14.6 Å². The lowest BCUT2D eigenvalue weighted by Gasteiger charge is -2.11. The fraction of sp³-hybridized carbons (Fsp3) is 0.357. The Bertz CT molecular complexity index is 705. The van der Waals surface area contributed by atoms with E-state index in [0.29, 0.717) is 27.5 Å². The van der Waals surface area contributed by atoms with Crippen LogP contribution < -0.4 is 5.32 Å². The first-order valence-electron chi connectivity index (χ1n) is 6.68. The number of nitrogens with one attached hydrogen (secondary N) is 1. The number of benzene rings is 1. The van der Waals surface area contributed by atoms with Crippen LogP contribution in [0.3, 0.4) is 0 Å². The highest BCUT2D eigenvalue weighted by Crippen LogP contribution is 2.45. The van der Waals surface area contributed by atoms with Gasteiger partial charge in [-0.15, -0.1) is 0 Å². The summed E-state index contributed by atoms with van der Waals surface area (Å²) >= 11 is 11.0. The molecule has 2 rings (SSSR count). The van der Waals surface area contributed by atoms with Gasteiger partial charge in [0, 0.05) is 4.47 Å². The predicted molar refractivity (Wildman–Crippen MR) is 93.3 cm³/mol. The molecule has 6 nitrogen and oxygen atoms in total. The normalized spacial score (nSPS) is 16.8. The number of hydrogen-bond acceptors (Lipinski definition) is 5. The quantitative estimate of drug-likeness (QED) is 0.553. The number of aliphatic imine (C=N–C) groups is 1. The molecule has 23 heavy (non-hydrogen) atoms. The van der Waals surface area contributed by atoms with Gasteiger partial charge in [0.25, 0.3) is 0 Å². The van der Waals surface area contributed by atoms with Crippen molar-refractivity contribution in [3.63, 3.8) is 0 Å². The van der Waals surface area contributed by atoms with E-state index in [-0.39, 0.29) is 17.7 Å². The summed E-state index contributed by atoms with van der Waals surface area (Å²) in [6, 6.07) is 3.84. The highest BCUT2D eigenvalue weighted by Gasteiger charge is 2.28. The molecule has 1 amide bonds. The second-order valence-corrected chi connectivity index (χ2v) is 6.96. The maximum absolute atomic E-state index is 10.8. The van der Waals surface area contributed by atoms with Crippen molar-refractivity contribution >= 4 is 56.2 Å². The van der Waals surface area contributed by atoms with Gasteiger partial charge in [0.05, 0.1) is 35.9 Å². The summed E-state index contributed by atoms with van der Waals surface area (Å²) in [6.07, 6.45) is -1.28. The average molecular weight is 419 g/mol. The number of carbonyl (C=O) groups is 1. The molecule has 0 radical (unpaired) electrons. The molecule has 1 unspecified atom stereocenters. The van der Waals surface area contributed by atoms with Crippen LogP contribution in [-0.2, 0) is 11.3 Å². The first kappa shape index (κ1) is 18.1. The molecule has 0 saturated heterocycles. The van der Waals surface area contributed by atoms with Gasteiger partial charge in [0.15, 0.2) is 5.17 Å². The molecule has 0 fully saturated rings. The van der Waals surface area contributed by atoms with E-state index in [9.17, 15) is 4.79 Å². The van der Waals surface area contributed by atoms with Crippen LogP contribution >= 0.6 is 39.3 Å². The molecule has 0 saturated carbocycles. The summed E-state index contributed by atoms with van der Waals surface area (Å²) in [5.41, 5.74) is 2.17. The van der Waals surface area contributed by atoms with Crippen LogP contribution in [0.4, 0.5) is 10.5 Å². The molecule has 1 aliphatic heterocycles. The number of rotatable bonds is 3. The maximum atomic E-state index is 10.8. The van der Waals surface area contributed by atoms with Gasteiger partial charge in [0.2, 0.25) is 0 Å². The summed E-state index contributed by atoms with van der Waals surface area (Å²) in [5, 5.41) is 20.6. The zero-order valence-corrected chi connectivity index (χ0v) is 15.3. The lowest BCUT2D eigenvalue weighted by molar-refractivity contribution is 0.0694. The lowest BCUT2D eigenvalue weighted by atomic mass is 10.0. The van der Waals surface area contributed by atoms with Crippen molar-refractivity contribution in [1.82, 2.24) is 5.32 Å². The van der Waals surface area contributed by atoms with Crippen molar-refractivity contribution in [1.29, 1.82) is 5.26 Å². The maximum Gasteiger partial charge on any atom is 0.410 e. The molecule has 1 aromatic carbocycles. The van der Waals surface area contributed by atoms with E-state index in [1.165, 1.54) is 11.8 Å². The molecule has 9 heteroatoms. The Morgan fingerprint density at radius 2 is 2.48 bits per heavy atom. The van der Waals surface area contributed by atoms with Crippen LogP contribution in [0.15, 0.2) is 15.5 Å². The van der Waals surface area contributed by atoms with Gasteiger partial charge in [-0.3, -0.25) is 5.32 Å². The van der Waals surface area contributed by atoms with E-state index in [1.807, 2.05) is 6.92 Å². The van der Waals surface area contributed by atoms with Gasteiger partial charge >= 0.3 is 6.09 Å². The Morgan fingerprint density at radius 1 is 1.74 bits per heavy atom. The highest BCUT2D eigenvalue weighted by atomic mass is 79.9. The Hall–Kier alpha value is -1.27. The lowest BCUT2D eigenvalue weighted by Crippen LogP contribution is -2.26. The number of amidine groups is 1. The number of amides is 1. The molecule has 0 aromatic heterocycles. The summed E-state index contributed by atoms with van der Waals surface area (Å²) in [4.78, 5) is 15.2. The van der Waals surface area contributed by atoms with Crippen LogP contribution in [0.1, 0.15) is 30.6 Å². The fourth-order valence-corrected chi connectivity index (χ4v) is 3.50. The van der Waals surface area contributed by atoms with E-state index in [1.54, 1.807) is 6.07 Å². The number of carboxylic acid groups (broad SMARTS) is 1. The van der Waals surface area contributed by atoms with Crippen LogP contribution in [0.25, 0.3) is 0 Å². The predicted octanol–water partition coefficient (Wildman–Crippen LogP) is 4.60. The van der Waals surface area contributed by atoms with Crippen molar-refractivity contribution in [3.8, 4) is 6.07 Å². The van der Waals surface area contributed by atoms with Crippen molar-refractivity contribution in [2.45, 2.75) is 26.1 Å². The number of nitrogens with zero attached hydrogens (tertiary/aromatic N) is 2. The fourth-order valence-electron chi connectivity index (χ4n) is 2.14. The molecule has 2 N–H and O–H groups in total. The van der Waals surface area contributed by atoms with Crippen LogP contribution in [0.2, 0.25) is 5.02 Å². The van der Waals surface area contributed by atoms with E-state index in [0.717, 1.165) is 11.1 Å². The summed E-state index contributed by atoms with van der Waals surface area (Å²) in [5.74, 6) is 0.656. The molecule has 0 spiro atoms. The van der Waals surface area contributed by atoms with Gasteiger partial charge in [0.1, 0.15) is 0 Å². The van der Waals surface area contributed by atoms with Gasteiger partial charge in [-0.05, 0) is 38.9 Å². The van der Waals surface area contributed by atoms with Crippen LogP contribution in [-0.4, -0.2) is 22.1 Å². The Kier molecular flexibility index (Phi) is 6.30. The van der Waals surface area contributed by atoms with Crippen molar-refractivity contribution in [2.75, 3.05) is 5.75 Å². The third-order valence-corrected chi connectivity index (χ3v) is 5.33. The monoisotopic (exact) mass is 417 g/mol. The van der Waals surface area contributed by atoms with E-state index in [4.69, 9.17) is 26.7 Å². The minimum absolute atomic E-state index is 0.230. The molecule has 1 atom stereocenters. The van der Waals surface area contributed by atoms with E-state index >= 15 is 0 Å². The Morgan fingerprint density at radius 3 is 3.09 bits per heavy atom. The van der Waals surface area contributed by atoms with Gasteiger partial charge in [-0.2, -0.15) is 5.26 Å². The Balaban J connectivity index is 2.47. The molecule has 1 aliphatic rings. The largest absolute Gasteiger partial charge is 0.465 e. The van der Waals surface area contributed by atoms with Gasteiger partial charge < -0.3 is 9.84 Å². The highest BCUT2D eigenvalue weighted by molar-refractivity contribution is 9.10. The second-order valence-electron chi connectivity index (χ2n) is 4.53. The zero-order chi connectivity index (χ0) is 17.0. The summed E-state index contributed by atoms with van der Waals surface area (Å²) in [6.45, 7) is 2.26. The van der Waals surface area contributed by atoms with Crippen molar-refractivity contribution in [3.05, 3.63) is 26.7 Å². The number of halogens is 2. The summed E-state index contributed by atoms with van der Waals surface area (Å²) in [7, 11) is 0. The molecular formula is C14H13BrClN3O3S. The first-order chi connectivity index (χ1) is 11.0. The molecule has 1 aromatic rings. The first-order valence-corrected chi connectivity index (χ1v) is 8.84. The topological polar surface area (TPSA) is 94.7 Å². The second kappa shape index (κ2) is 8.02. The third kappa shape index (κ3) is 4.18. The molecule has 1 heterocycles. The van der Waals surface area contributed by atoms with E-state index < -0.39 is 6.09 Å². The number of hydrogen-bond donors (Lipinski definition) is 2. The van der Waals surface area contributed by atoms with E-state index in [2.05, 4.69) is 32.3 Å². The van der Waals surface area contributed by atoms with Gasteiger partial charge in [-0.1, -0.05) is 30.3 Å². The van der Waals surface area contributed by atoms with Gasteiger partial charge in [-0.25, -0.2) is 9.79 Å². The average Bonchev–Trinajstić information content (AvgIpc) is 2.87. The summed E-state index contributed by atoms with van der Waals surface area (Å²) < 4.78 is 6.26. The number of nitriles is 1. The number of fused-ring (bicyclic) bond motifs is 1. The third-order valence-electron chi connectivity index (χ3n) is 3.09. The Labute approximate surface area is 151 Å².